The molecule has 1 aliphatic rings. The molecule has 0 radical (unpaired) electrons. The molecule has 4 aromatic rings. The van der Waals surface area contributed by atoms with E-state index in [2.05, 4.69) is 54.8 Å². The second-order valence-corrected chi connectivity index (χ2v) is 9.88. The summed E-state index contributed by atoms with van der Waals surface area (Å²) in [6, 6.07) is 12.5. The number of nitrogens with one attached hydrogen (secondary N) is 3. The Bertz CT molecular complexity index is 1490. The van der Waals surface area contributed by atoms with Gasteiger partial charge in [-0.1, -0.05) is 12.1 Å². The van der Waals surface area contributed by atoms with Gasteiger partial charge in [-0.25, -0.2) is 9.37 Å². The lowest BCUT2D eigenvalue weighted by Gasteiger charge is -2.34. The lowest BCUT2D eigenvalue weighted by atomic mass is 10.1. The Labute approximate surface area is 226 Å². The van der Waals surface area contributed by atoms with Crippen LogP contribution in [0.5, 0.6) is 0 Å². The number of halogens is 1. The number of nitrogens with zero attached hydrogens (tertiary/aromatic N) is 6. The van der Waals surface area contributed by atoms with E-state index in [0.29, 0.717) is 40.5 Å². The third kappa shape index (κ3) is 6.57. The molecule has 2 aromatic carbocycles. The number of benzene rings is 2. The Kier molecular flexibility index (Phi) is 7.80. The molecule has 1 fully saturated rings. The number of rotatable bonds is 8. The van der Waals surface area contributed by atoms with E-state index in [9.17, 15) is 9.18 Å². The van der Waals surface area contributed by atoms with Crippen LogP contribution in [0.25, 0.3) is 22.3 Å². The lowest BCUT2D eigenvalue weighted by Crippen LogP contribution is -2.44. The number of aromatic nitrogens is 4. The number of carbonyl (C=O) groups is 1. The molecule has 11 heteroatoms. The number of hydrogen-bond acceptors (Lipinski definition) is 8. The molecule has 0 aliphatic carbocycles. The third-order valence-corrected chi connectivity index (χ3v) is 6.46. The van der Waals surface area contributed by atoms with Gasteiger partial charge in [0.25, 0.3) is 0 Å². The van der Waals surface area contributed by atoms with Crippen molar-refractivity contribution in [3.05, 3.63) is 66.6 Å². The molecule has 1 aliphatic heterocycles. The number of likely N-dealkylation sites (N-methyl/N-ethyl adjacent to an activating group) is 2. The van der Waals surface area contributed by atoms with Gasteiger partial charge < -0.3 is 25.3 Å². The molecular weight excluding hydrogens is 497 g/mol. The first-order chi connectivity index (χ1) is 18.8. The van der Waals surface area contributed by atoms with Crippen LogP contribution in [0.4, 0.5) is 27.4 Å². The summed E-state index contributed by atoms with van der Waals surface area (Å²) in [7, 11) is 5.95. The van der Waals surface area contributed by atoms with Crippen LogP contribution in [0.3, 0.4) is 0 Å². The minimum atomic E-state index is -0.496. The zero-order chi connectivity index (χ0) is 27.4. The van der Waals surface area contributed by atoms with Gasteiger partial charge in [-0.15, -0.1) is 0 Å². The first-order valence-corrected chi connectivity index (χ1v) is 12.8. The molecule has 202 valence electrons. The van der Waals surface area contributed by atoms with Gasteiger partial charge in [0.05, 0.1) is 17.3 Å². The molecule has 0 unspecified atom stereocenters. The number of amides is 1. The highest BCUT2D eigenvalue weighted by Crippen LogP contribution is 2.30. The first-order valence-electron chi connectivity index (χ1n) is 12.8. The van der Waals surface area contributed by atoms with Crippen LogP contribution in [-0.2, 0) is 4.79 Å². The van der Waals surface area contributed by atoms with Crippen LogP contribution in [0.15, 0.2) is 60.8 Å². The minimum absolute atomic E-state index is 0.328. The van der Waals surface area contributed by atoms with E-state index < -0.39 is 5.82 Å². The van der Waals surface area contributed by atoms with Crippen LogP contribution in [0, 0.1) is 5.82 Å². The Morgan fingerprint density at radius 3 is 2.72 bits per heavy atom. The Morgan fingerprint density at radius 2 is 1.92 bits per heavy atom. The zero-order valence-electron chi connectivity index (χ0n) is 22.3. The van der Waals surface area contributed by atoms with Crippen molar-refractivity contribution in [2.45, 2.75) is 0 Å². The van der Waals surface area contributed by atoms with Gasteiger partial charge in [-0.05, 0) is 57.5 Å². The van der Waals surface area contributed by atoms with Gasteiger partial charge in [0.15, 0.2) is 5.65 Å². The summed E-state index contributed by atoms with van der Waals surface area (Å²) >= 11 is 0. The molecule has 0 spiro atoms. The average Bonchev–Trinajstić information content (AvgIpc) is 3.37. The maximum Gasteiger partial charge on any atom is 0.248 e. The zero-order valence-corrected chi connectivity index (χ0v) is 22.3. The van der Waals surface area contributed by atoms with Gasteiger partial charge >= 0.3 is 0 Å². The average molecular weight is 530 g/mol. The summed E-state index contributed by atoms with van der Waals surface area (Å²) in [4.78, 5) is 28.2. The second kappa shape index (κ2) is 11.6. The Hall–Kier alpha value is -4.35. The Morgan fingerprint density at radius 1 is 1.10 bits per heavy atom. The van der Waals surface area contributed by atoms with E-state index >= 15 is 0 Å². The summed E-state index contributed by atoms with van der Waals surface area (Å²) in [5.41, 5.74) is 3.79. The molecule has 0 bridgehead atoms. The summed E-state index contributed by atoms with van der Waals surface area (Å²) in [5, 5.41) is 13.7. The molecular formula is C28H32FN9O. The molecule has 5 rings (SSSR count). The summed E-state index contributed by atoms with van der Waals surface area (Å²) in [6.07, 6.45) is 4.78. The van der Waals surface area contributed by atoms with Crippen LogP contribution in [-0.4, -0.2) is 89.7 Å². The molecule has 1 saturated heterocycles. The topological polar surface area (TPSA) is 105 Å². The molecule has 0 atom stereocenters. The van der Waals surface area contributed by atoms with E-state index in [4.69, 9.17) is 4.98 Å². The smallest absolute Gasteiger partial charge is 0.248 e. The highest BCUT2D eigenvalue weighted by Gasteiger charge is 2.16. The van der Waals surface area contributed by atoms with Crippen molar-refractivity contribution in [2.75, 3.05) is 69.4 Å². The van der Waals surface area contributed by atoms with Crippen molar-refractivity contribution < 1.29 is 9.18 Å². The molecule has 3 heterocycles. The van der Waals surface area contributed by atoms with Gasteiger partial charge in [0.1, 0.15) is 5.82 Å². The highest BCUT2D eigenvalue weighted by molar-refractivity contribution is 6.00. The van der Waals surface area contributed by atoms with E-state index in [-0.39, 0.29) is 5.91 Å². The normalized spacial score (nSPS) is 14.4. The van der Waals surface area contributed by atoms with Crippen LogP contribution >= 0.6 is 0 Å². The first kappa shape index (κ1) is 26.3. The van der Waals surface area contributed by atoms with Crippen molar-refractivity contribution in [2.24, 2.45) is 0 Å². The maximum absolute atomic E-state index is 14.7. The van der Waals surface area contributed by atoms with E-state index in [1.807, 2.05) is 31.1 Å². The predicted octanol–water partition coefficient (Wildman–Crippen LogP) is 3.71. The van der Waals surface area contributed by atoms with E-state index in [1.54, 1.807) is 18.3 Å². The fourth-order valence-electron chi connectivity index (χ4n) is 4.44. The van der Waals surface area contributed by atoms with Crippen molar-refractivity contribution in [3.63, 3.8) is 0 Å². The molecule has 1 amide bonds. The standard InChI is InChI=1S/C28H32FN9O/c1-36(2)9-5-8-25(39)31-22-15-19(14-20(29)16-22)26-24-18-30-35-27(24)34-28(33-26)32-21-6-4-7-23(17-21)38-12-10-37(3)11-13-38/h4-8,14-18H,9-13H2,1-3H3,(H,31,39)(H2,30,32,33,34,35)/b8-5+. The third-order valence-electron chi connectivity index (χ3n) is 6.46. The van der Waals surface area contributed by atoms with E-state index in [1.165, 1.54) is 18.2 Å². The van der Waals surface area contributed by atoms with Crippen molar-refractivity contribution >= 4 is 40.0 Å². The van der Waals surface area contributed by atoms with Gasteiger partial charge in [-0.2, -0.15) is 10.1 Å². The van der Waals surface area contributed by atoms with Crippen molar-refractivity contribution in [3.8, 4) is 11.3 Å². The van der Waals surface area contributed by atoms with Crippen molar-refractivity contribution in [1.82, 2.24) is 30.0 Å². The largest absolute Gasteiger partial charge is 0.369 e. The highest BCUT2D eigenvalue weighted by atomic mass is 19.1. The van der Waals surface area contributed by atoms with Gasteiger partial charge in [0, 0.05) is 61.4 Å². The van der Waals surface area contributed by atoms with Gasteiger partial charge in [0.2, 0.25) is 11.9 Å². The quantitative estimate of drug-likeness (QED) is 0.297. The SMILES string of the molecule is CN(C)C/C=C/C(=O)Nc1cc(F)cc(-c2nc(Nc3cccc(N4CCN(C)CC4)c3)nc3[nH]ncc23)c1. The molecule has 39 heavy (non-hydrogen) atoms. The summed E-state index contributed by atoms with van der Waals surface area (Å²) in [6.45, 7) is 4.58. The number of piperazine rings is 1. The summed E-state index contributed by atoms with van der Waals surface area (Å²) in [5.74, 6) is -0.490. The monoisotopic (exact) mass is 529 g/mol. The lowest BCUT2D eigenvalue weighted by molar-refractivity contribution is -0.111. The molecule has 0 saturated carbocycles. The molecule has 3 N–H and O–H groups in total. The minimum Gasteiger partial charge on any atom is -0.369 e. The number of fused-ring (bicyclic) bond motifs is 1. The molecule has 10 nitrogen and oxygen atoms in total. The van der Waals surface area contributed by atoms with Crippen molar-refractivity contribution in [1.29, 1.82) is 0 Å². The number of carbonyl (C=O) groups excluding carboxylic acids is 1. The van der Waals surface area contributed by atoms with Crippen LogP contribution in [0.2, 0.25) is 0 Å². The number of H-pyrrole nitrogens is 1. The van der Waals surface area contributed by atoms with E-state index in [0.717, 1.165) is 37.6 Å². The second-order valence-electron chi connectivity index (χ2n) is 9.88. The fourth-order valence-corrected chi connectivity index (χ4v) is 4.44. The van der Waals surface area contributed by atoms with Crippen LogP contribution in [0.1, 0.15) is 0 Å². The molecule has 2 aromatic heterocycles. The number of anilines is 4. The van der Waals surface area contributed by atoms with Crippen LogP contribution < -0.4 is 15.5 Å². The number of aromatic amines is 1. The van der Waals surface area contributed by atoms with Gasteiger partial charge in [-0.3, -0.25) is 9.89 Å². The Balaban J connectivity index is 1.41. The summed E-state index contributed by atoms with van der Waals surface area (Å²) < 4.78 is 14.7. The maximum atomic E-state index is 14.7. The predicted molar refractivity (Wildman–Crippen MR) is 153 cm³/mol. The fraction of sp³-hybridized carbons (Fsp3) is 0.286. The number of hydrogen-bond donors (Lipinski definition) is 3.